The van der Waals surface area contributed by atoms with Gasteiger partial charge in [0.1, 0.15) is 0 Å². The van der Waals surface area contributed by atoms with Crippen LogP contribution in [0, 0.1) is 0 Å². The number of thioether (sulfide) groups is 1. The summed E-state index contributed by atoms with van der Waals surface area (Å²) in [6.45, 7) is 0. The highest BCUT2D eigenvalue weighted by atomic mass is 32.2. The van der Waals surface area contributed by atoms with E-state index < -0.39 is 0 Å². The fourth-order valence-electron chi connectivity index (χ4n) is 1.67. The van der Waals surface area contributed by atoms with Crippen molar-refractivity contribution in [2.24, 2.45) is 0 Å². The minimum absolute atomic E-state index is 0.0506. The Morgan fingerprint density at radius 2 is 2.38 bits per heavy atom. The van der Waals surface area contributed by atoms with Crippen LogP contribution >= 0.6 is 23.1 Å². The summed E-state index contributed by atoms with van der Waals surface area (Å²) in [6.07, 6.45) is 4.79. The van der Waals surface area contributed by atoms with E-state index in [4.69, 9.17) is 4.84 Å². The number of hydroxylamine groups is 1. The molecule has 1 saturated carbocycles. The van der Waals surface area contributed by atoms with Crippen molar-refractivity contribution in [1.82, 2.24) is 5.48 Å². The first-order valence-corrected chi connectivity index (χ1v) is 7.32. The lowest BCUT2D eigenvalue weighted by molar-refractivity contribution is -0.135. The van der Waals surface area contributed by atoms with Gasteiger partial charge in [0.2, 0.25) is 0 Å². The Morgan fingerprint density at radius 3 is 3.06 bits per heavy atom. The van der Waals surface area contributed by atoms with Crippen molar-refractivity contribution >= 4 is 29.0 Å². The zero-order valence-corrected chi connectivity index (χ0v) is 10.6. The Labute approximate surface area is 104 Å². The third-order valence-electron chi connectivity index (χ3n) is 2.48. The molecule has 1 fully saturated rings. The molecular formula is C11H15NO2S2. The number of nitrogens with one attached hydrogen (secondary N) is 1. The first kappa shape index (κ1) is 12.0. The molecule has 0 atom stereocenters. The maximum atomic E-state index is 11.4. The molecule has 0 spiro atoms. The van der Waals surface area contributed by atoms with E-state index in [1.54, 1.807) is 23.1 Å². The molecule has 1 aliphatic rings. The van der Waals surface area contributed by atoms with Crippen LogP contribution in [-0.2, 0) is 9.63 Å². The second-order valence-corrected chi connectivity index (χ2v) is 5.99. The standard InChI is InChI=1S/C11H15NO2S2/c13-10(8-16-11-6-3-7-15-11)12-14-9-4-1-2-5-9/h3,6-7,9H,1-2,4-5,8H2,(H,12,13). The highest BCUT2D eigenvalue weighted by Gasteiger charge is 2.16. The first-order chi connectivity index (χ1) is 7.84. The fraction of sp³-hybridized carbons (Fsp3) is 0.545. The molecule has 0 aliphatic heterocycles. The van der Waals surface area contributed by atoms with Crippen LogP contribution < -0.4 is 5.48 Å². The zero-order valence-electron chi connectivity index (χ0n) is 8.98. The van der Waals surface area contributed by atoms with Gasteiger partial charge >= 0.3 is 0 Å². The molecule has 0 unspecified atom stereocenters. The van der Waals surface area contributed by atoms with E-state index in [9.17, 15) is 4.79 Å². The molecule has 0 radical (unpaired) electrons. The lowest BCUT2D eigenvalue weighted by Gasteiger charge is -2.10. The van der Waals surface area contributed by atoms with E-state index in [-0.39, 0.29) is 12.0 Å². The molecule has 0 bridgehead atoms. The zero-order chi connectivity index (χ0) is 11.2. The Bertz CT molecular complexity index is 321. The largest absolute Gasteiger partial charge is 0.272 e. The predicted octanol–water partition coefficient (Wildman–Crippen LogP) is 2.83. The van der Waals surface area contributed by atoms with Gasteiger partial charge in [0.25, 0.3) is 5.91 Å². The fourth-order valence-corrected chi connectivity index (χ4v) is 3.24. The number of amides is 1. The van der Waals surface area contributed by atoms with Crippen LogP contribution in [0.5, 0.6) is 0 Å². The molecule has 1 aromatic rings. The van der Waals surface area contributed by atoms with Crippen LogP contribution in [0.25, 0.3) is 0 Å². The molecule has 1 aromatic heterocycles. The Balaban J connectivity index is 1.60. The Kier molecular flexibility index (Phi) is 4.69. The van der Waals surface area contributed by atoms with Crippen molar-refractivity contribution in [3.05, 3.63) is 17.5 Å². The normalized spacial score (nSPS) is 16.5. The van der Waals surface area contributed by atoms with E-state index in [0.717, 1.165) is 17.1 Å². The smallest absolute Gasteiger partial charge is 0.253 e. The maximum Gasteiger partial charge on any atom is 0.253 e. The molecule has 1 N–H and O–H groups in total. The van der Waals surface area contributed by atoms with Crippen LogP contribution in [0.4, 0.5) is 0 Å². The van der Waals surface area contributed by atoms with Crippen LogP contribution in [-0.4, -0.2) is 17.8 Å². The van der Waals surface area contributed by atoms with Gasteiger partial charge < -0.3 is 0 Å². The first-order valence-electron chi connectivity index (χ1n) is 5.45. The third-order valence-corrected chi connectivity index (χ3v) is 4.61. The average Bonchev–Trinajstić information content (AvgIpc) is 2.96. The topological polar surface area (TPSA) is 38.3 Å². The molecular weight excluding hydrogens is 242 g/mol. The van der Waals surface area contributed by atoms with E-state index >= 15 is 0 Å². The van der Waals surface area contributed by atoms with Crippen molar-refractivity contribution in [3.8, 4) is 0 Å². The van der Waals surface area contributed by atoms with Gasteiger partial charge in [-0.2, -0.15) is 0 Å². The van der Waals surface area contributed by atoms with Crippen LogP contribution in [0.3, 0.4) is 0 Å². The molecule has 1 aliphatic carbocycles. The van der Waals surface area contributed by atoms with Gasteiger partial charge in [-0.15, -0.1) is 23.1 Å². The summed E-state index contributed by atoms with van der Waals surface area (Å²) >= 11 is 3.19. The van der Waals surface area contributed by atoms with Gasteiger partial charge in [0.15, 0.2) is 0 Å². The van der Waals surface area contributed by atoms with Gasteiger partial charge in [0, 0.05) is 0 Å². The van der Waals surface area contributed by atoms with Crippen LogP contribution in [0.2, 0.25) is 0 Å². The molecule has 16 heavy (non-hydrogen) atoms. The number of hydrogen-bond acceptors (Lipinski definition) is 4. The molecule has 0 saturated heterocycles. The van der Waals surface area contributed by atoms with E-state index in [0.29, 0.717) is 5.75 Å². The summed E-state index contributed by atoms with van der Waals surface area (Å²) in [5, 5.41) is 2.01. The lowest BCUT2D eigenvalue weighted by atomic mass is 10.3. The number of carbonyl (C=O) groups is 1. The quantitative estimate of drug-likeness (QED) is 0.651. The van der Waals surface area contributed by atoms with Gasteiger partial charge in [0.05, 0.1) is 16.1 Å². The predicted molar refractivity (Wildman–Crippen MR) is 66.5 cm³/mol. The second kappa shape index (κ2) is 6.27. The Hall–Kier alpha value is -0.520. The second-order valence-electron chi connectivity index (χ2n) is 3.77. The average molecular weight is 257 g/mol. The molecule has 3 nitrogen and oxygen atoms in total. The lowest BCUT2D eigenvalue weighted by Crippen LogP contribution is -2.29. The van der Waals surface area contributed by atoms with Gasteiger partial charge in [-0.1, -0.05) is 18.9 Å². The third kappa shape index (κ3) is 3.81. The summed E-state index contributed by atoms with van der Waals surface area (Å²) in [5.74, 6) is 0.373. The van der Waals surface area contributed by atoms with Crippen molar-refractivity contribution in [3.63, 3.8) is 0 Å². The van der Waals surface area contributed by atoms with Crippen molar-refractivity contribution in [2.45, 2.75) is 36.0 Å². The number of rotatable bonds is 5. The summed E-state index contributed by atoms with van der Waals surface area (Å²) in [6, 6.07) is 4.00. The Morgan fingerprint density at radius 1 is 1.56 bits per heavy atom. The maximum absolute atomic E-state index is 11.4. The van der Waals surface area contributed by atoms with Crippen molar-refractivity contribution in [1.29, 1.82) is 0 Å². The van der Waals surface area contributed by atoms with Crippen LogP contribution in [0.15, 0.2) is 21.7 Å². The summed E-state index contributed by atoms with van der Waals surface area (Å²) in [4.78, 5) is 16.8. The highest BCUT2D eigenvalue weighted by Crippen LogP contribution is 2.23. The summed E-state index contributed by atoms with van der Waals surface area (Å²) in [7, 11) is 0. The molecule has 88 valence electrons. The minimum atomic E-state index is -0.0506. The van der Waals surface area contributed by atoms with E-state index in [1.165, 1.54) is 12.8 Å². The molecule has 1 heterocycles. The molecule has 5 heteroatoms. The number of carbonyl (C=O) groups excluding carboxylic acids is 1. The van der Waals surface area contributed by atoms with Crippen LogP contribution in [0.1, 0.15) is 25.7 Å². The molecule has 1 amide bonds. The molecule has 2 rings (SSSR count). The SMILES string of the molecule is O=C(CSc1cccs1)NOC1CCCC1. The molecule has 0 aromatic carbocycles. The number of thiophene rings is 1. The van der Waals surface area contributed by atoms with Crippen molar-refractivity contribution < 1.29 is 9.63 Å². The van der Waals surface area contributed by atoms with Gasteiger partial charge in [-0.05, 0) is 24.3 Å². The van der Waals surface area contributed by atoms with E-state index in [1.807, 2.05) is 17.5 Å². The minimum Gasteiger partial charge on any atom is -0.272 e. The number of hydrogen-bond donors (Lipinski definition) is 1. The van der Waals surface area contributed by atoms with Gasteiger partial charge in [-0.25, -0.2) is 5.48 Å². The van der Waals surface area contributed by atoms with E-state index in [2.05, 4.69) is 5.48 Å². The van der Waals surface area contributed by atoms with Crippen molar-refractivity contribution in [2.75, 3.05) is 5.75 Å². The monoisotopic (exact) mass is 257 g/mol. The summed E-state index contributed by atoms with van der Waals surface area (Å²) < 4.78 is 1.16. The van der Waals surface area contributed by atoms with Gasteiger partial charge in [-0.3, -0.25) is 9.63 Å². The summed E-state index contributed by atoms with van der Waals surface area (Å²) in [5.41, 5.74) is 2.53. The highest BCUT2D eigenvalue weighted by molar-refractivity contribution is 8.01.